The third-order valence-corrected chi connectivity index (χ3v) is 5.12. The molecule has 5 nitrogen and oxygen atoms in total. The second kappa shape index (κ2) is 7.98. The fraction of sp³-hybridized carbons (Fsp3) is 0.304. The molecule has 0 spiro atoms. The van der Waals surface area contributed by atoms with Crippen LogP contribution >= 0.6 is 0 Å². The summed E-state index contributed by atoms with van der Waals surface area (Å²) in [5.41, 5.74) is 6.66. The van der Waals surface area contributed by atoms with Crippen molar-refractivity contribution in [3.8, 4) is 0 Å². The number of amides is 2. The third kappa shape index (κ3) is 3.71. The molecule has 0 aliphatic carbocycles. The van der Waals surface area contributed by atoms with Crippen LogP contribution in [0.25, 0.3) is 5.57 Å². The normalized spacial score (nSPS) is 14.2. The summed E-state index contributed by atoms with van der Waals surface area (Å²) >= 11 is 0. The van der Waals surface area contributed by atoms with Crippen LogP contribution in [0.4, 0.5) is 5.69 Å². The third-order valence-electron chi connectivity index (χ3n) is 5.12. The largest absolute Gasteiger partial charge is 0.383 e. The Bertz CT molecular complexity index is 976. The minimum Gasteiger partial charge on any atom is -0.383 e. The molecule has 0 aromatic heterocycles. The van der Waals surface area contributed by atoms with Crippen molar-refractivity contribution in [2.75, 3.05) is 25.6 Å². The molecule has 2 aromatic rings. The number of carbonyl (C=O) groups is 2. The van der Waals surface area contributed by atoms with E-state index >= 15 is 0 Å². The number of methoxy groups -OCH3 is 1. The van der Waals surface area contributed by atoms with Crippen molar-refractivity contribution in [1.82, 2.24) is 4.90 Å². The number of rotatable bonds is 6. The first-order chi connectivity index (χ1) is 13.3. The van der Waals surface area contributed by atoms with E-state index < -0.39 is 0 Å². The van der Waals surface area contributed by atoms with Crippen molar-refractivity contribution in [2.24, 2.45) is 0 Å². The van der Waals surface area contributed by atoms with Crippen LogP contribution in [0.3, 0.4) is 0 Å². The lowest BCUT2D eigenvalue weighted by molar-refractivity contribution is -0.137. The lowest BCUT2D eigenvalue weighted by Gasteiger charge is -2.15. The van der Waals surface area contributed by atoms with Crippen molar-refractivity contribution < 1.29 is 14.3 Å². The quantitative estimate of drug-likeness (QED) is 0.778. The van der Waals surface area contributed by atoms with Gasteiger partial charge in [-0.2, -0.15) is 0 Å². The van der Waals surface area contributed by atoms with Crippen LogP contribution < -0.4 is 5.32 Å². The lowest BCUT2D eigenvalue weighted by Crippen LogP contribution is -2.35. The predicted molar refractivity (Wildman–Crippen MR) is 111 cm³/mol. The minimum absolute atomic E-state index is 0.223. The fourth-order valence-electron chi connectivity index (χ4n) is 3.33. The Kier molecular flexibility index (Phi) is 5.66. The maximum Gasteiger partial charge on any atom is 0.278 e. The monoisotopic (exact) mass is 378 g/mol. The van der Waals surface area contributed by atoms with Gasteiger partial charge < -0.3 is 10.1 Å². The van der Waals surface area contributed by atoms with Gasteiger partial charge in [0.2, 0.25) is 0 Å². The molecule has 146 valence electrons. The SMILES string of the molecule is COCCN1C(=O)C(Nc2ccc(C)cc2C)=C(c2ccc(C)c(C)c2)C1=O. The van der Waals surface area contributed by atoms with Gasteiger partial charge in [0, 0.05) is 12.8 Å². The fourth-order valence-corrected chi connectivity index (χ4v) is 3.33. The zero-order valence-electron chi connectivity index (χ0n) is 17.1. The molecule has 0 radical (unpaired) electrons. The van der Waals surface area contributed by atoms with Crippen LogP contribution in [0.1, 0.15) is 27.8 Å². The Morgan fingerprint density at radius 2 is 1.64 bits per heavy atom. The number of anilines is 1. The molecule has 1 heterocycles. The van der Waals surface area contributed by atoms with Crippen LogP contribution in [0, 0.1) is 27.7 Å². The van der Waals surface area contributed by atoms with Crippen molar-refractivity contribution in [3.63, 3.8) is 0 Å². The van der Waals surface area contributed by atoms with Gasteiger partial charge in [0.05, 0.1) is 18.7 Å². The molecule has 1 N–H and O–H groups in total. The molecule has 0 saturated heterocycles. The van der Waals surface area contributed by atoms with Gasteiger partial charge in [0.1, 0.15) is 5.70 Å². The highest BCUT2D eigenvalue weighted by atomic mass is 16.5. The molecule has 3 rings (SSSR count). The molecule has 28 heavy (non-hydrogen) atoms. The van der Waals surface area contributed by atoms with Gasteiger partial charge in [0.15, 0.2) is 0 Å². The van der Waals surface area contributed by atoms with Crippen molar-refractivity contribution in [3.05, 3.63) is 69.9 Å². The van der Waals surface area contributed by atoms with Gasteiger partial charge in [-0.3, -0.25) is 14.5 Å². The molecular weight excluding hydrogens is 352 g/mol. The van der Waals surface area contributed by atoms with Gasteiger partial charge in [-0.05, 0) is 56.0 Å². The zero-order valence-corrected chi connectivity index (χ0v) is 17.1. The summed E-state index contributed by atoms with van der Waals surface area (Å²) < 4.78 is 5.08. The number of hydrogen-bond donors (Lipinski definition) is 1. The molecule has 5 heteroatoms. The van der Waals surface area contributed by atoms with Crippen LogP contribution in [0.2, 0.25) is 0 Å². The Hall–Kier alpha value is -2.92. The van der Waals surface area contributed by atoms with E-state index in [2.05, 4.69) is 5.32 Å². The molecule has 0 unspecified atom stereocenters. The Morgan fingerprint density at radius 3 is 2.29 bits per heavy atom. The van der Waals surface area contributed by atoms with E-state index in [9.17, 15) is 9.59 Å². The average molecular weight is 378 g/mol. The van der Waals surface area contributed by atoms with Crippen molar-refractivity contribution in [1.29, 1.82) is 0 Å². The number of hydrogen-bond acceptors (Lipinski definition) is 4. The number of aryl methyl sites for hydroxylation is 4. The smallest absolute Gasteiger partial charge is 0.278 e. The van der Waals surface area contributed by atoms with Crippen LogP contribution in [0.15, 0.2) is 42.1 Å². The molecule has 0 saturated carbocycles. The summed E-state index contributed by atoms with van der Waals surface area (Å²) in [6.45, 7) is 8.55. The Morgan fingerprint density at radius 1 is 0.893 bits per heavy atom. The van der Waals surface area contributed by atoms with E-state index in [0.29, 0.717) is 17.9 Å². The summed E-state index contributed by atoms with van der Waals surface area (Å²) in [5.74, 6) is -0.618. The van der Waals surface area contributed by atoms with E-state index in [1.54, 1.807) is 7.11 Å². The first kappa shape index (κ1) is 19.8. The van der Waals surface area contributed by atoms with E-state index in [-0.39, 0.29) is 18.4 Å². The second-order valence-electron chi connectivity index (χ2n) is 7.25. The van der Waals surface area contributed by atoms with E-state index in [0.717, 1.165) is 33.5 Å². The standard InChI is InChI=1S/C23H26N2O3/c1-14-6-9-19(17(4)12-14)24-21-20(18-8-7-15(2)16(3)13-18)22(26)25(23(21)27)10-11-28-5/h6-9,12-13,24H,10-11H2,1-5H3. The number of carbonyl (C=O) groups excluding carboxylic acids is 2. The minimum atomic E-state index is -0.324. The topological polar surface area (TPSA) is 58.6 Å². The van der Waals surface area contributed by atoms with Crippen molar-refractivity contribution in [2.45, 2.75) is 27.7 Å². The molecular formula is C23H26N2O3. The predicted octanol–water partition coefficient (Wildman–Crippen LogP) is 3.76. The van der Waals surface area contributed by atoms with Gasteiger partial charge in [-0.25, -0.2) is 0 Å². The number of benzene rings is 2. The van der Waals surface area contributed by atoms with E-state index in [1.807, 2.05) is 64.1 Å². The zero-order chi connectivity index (χ0) is 20.4. The molecule has 2 amide bonds. The van der Waals surface area contributed by atoms with Gasteiger partial charge in [0.25, 0.3) is 11.8 Å². The molecule has 1 aliphatic heterocycles. The maximum atomic E-state index is 13.1. The summed E-state index contributed by atoms with van der Waals surface area (Å²) in [4.78, 5) is 27.4. The highest BCUT2D eigenvalue weighted by Crippen LogP contribution is 2.32. The number of imide groups is 1. The number of nitrogens with zero attached hydrogens (tertiary/aromatic N) is 1. The number of nitrogens with one attached hydrogen (secondary N) is 1. The molecule has 0 fully saturated rings. The first-order valence-corrected chi connectivity index (χ1v) is 9.34. The molecule has 2 aromatic carbocycles. The summed E-state index contributed by atoms with van der Waals surface area (Å²) in [6, 6.07) is 11.8. The summed E-state index contributed by atoms with van der Waals surface area (Å²) in [5, 5.41) is 3.23. The maximum absolute atomic E-state index is 13.1. The van der Waals surface area contributed by atoms with Gasteiger partial charge in [-0.1, -0.05) is 35.9 Å². The first-order valence-electron chi connectivity index (χ1n) is 9.34. The van der Waals surface area contributed by atoms with Crippen molar-refractivity contribution >= 4 is 23.1 Å². The van der Waals surface area contributed by atoms with Crippen LogP contribution in [-0.2, 0) is 14.3 Å². The van der Waals surface area contributed by atoms with Crippen LogP contribution in [-0.4, -0.2) is 37.0 Å². The Labute approximate surface area is 166 Å². The van der Waals surface area contributed by atoms with E-state index in [4.69, 9.17) is 4.74 Å². The molecule has 0 atom stereocenters. The van der Waals surface area contributed by atoms with E-state index in [1.165, 1.54) is 4.90 Å². The summed E-state index contributed by atoms with van der Waals surface area (Å²) in [7, 11) is 1.55. The summed E-state index contributed by atoms with van der Waals surface area (Å²) in [6.07, 6.45) is 0. The highest BCUT2D eigenvalue weighted by Gasteiger charge is 2.39. The molecule has 1 aliphatic rings. The van der Waals surface area contributed by atoms with Crippen LogP contribution in [0.5, 0.6) is 0 Å². The van der Waals surface area contributed by atoms with Gasteiger partial charge in [-0.15, -0.1) is 0 Å². The second-order valence-corrected chi connectivity index (χ2v) is 7.25. The van der Waals surface area contributed by atoms with Gasteiger partial charge >= 0.3 is 0 Å². The average Bonchev–Trinajstić information content (AvgIpc) is 2.88. The Balaban J connectivity index is 2.09. The molecule has 0 bridgehead atoms. The number of ether oxygens (including phenoxy) is 1. The lowest BCUT2D eigenvalue weighted by atomic mass is 9.99. The highest BCUT2D eigenvalue weighted by molar-refractivity contribution is 6.36.